The van der Waals surface area contributed by atoms with Gasteiger partial charge in [-0.15, -0.1) is 0 Å². The summed E-state index contributed by atoms with van der Waals surface area (Å²) in [7, 11) is 1.47. The number of allylic oxidation sites excluding steroid dienone is 1. The molecule has 1 heterocycles. The summed E-state index contributed by atoms with van der Waals surface area (Å²) in [5, 5.41) is 12.0. The molecule has 0 unspecified atom stereocenters. The Morgan fingerprint density at radius 3 is 2.67 bits per heavy atom. The van der Waals surface area contributed by atoms with Gasteiger partial charge in [0.15, 0.2) is 18.1 Å². The van der Waals surface area contributed by atoms with Crippen LogP contribution < -0.4 is 14.8 Å². The van der Waals surface area contributed by atoms with Crippen molar-refractivity contribution in [3.05, 3.63) is 53.0 Å². The summed E-state index contributed by atoms with van der Waals surface area (Å²) >= 11 is 0. The van der Waals surface area contributed by atoms with Gasteiger partial charge >= 0.3 is 0 Å². The minimum Gasteiger partial charge on any atom is -0.493 e. The highest BCUT2D eigenvalue weighted by Gasteiger charge is 2.17. The van der Waals surface area contributed by atoms with E-state index in [1.807, 2.05) is 13.0 Å². The maximum absolute atomic E-state index is 12.5. The molecule has 2 aromatic rings. The molecule has 7 heteroatoms. The monoisotopic (exact) mass is 368 g/mol. The van der Waals surface area contributed by atoms with Crippen LogP contribution in [0.15, 0.2) is 40.5 Å². The van der Waals surface area contributed by atoms with E-state index in [2.05, 4.69) is 5.32 Å². The number of amides is 1. The fourth-order valence-corrected chi connectivity index (χ4v) is 2.37. The molecule has 7 nitrogen and oxygen atoms in total. The number of nitrogens with one attached hydrogen (secondary N) is 1. The van der Waals surface area contributed by atoms with Gasteiger partial charge in [-0.05, 0) is 43.7 Å². The molecule has 1 N–H and O–H groups in total. The standard InChI is InChI=1S/C20H20N2O5/c1-4-22-19(23)12-27-17-6-5-14(10-18(17)25-3)9-15(11-21)20(24)16-7-8-26-13(16)2/h5-10H,4,12H2,1-3H3,(H,22,23)/b15-9+. The number of Topliss-reactive ketones (excluding diaryl/α,β-unsaturated/α-hetero) is 1. The third-order valence-electron chi connectivity index (χ3n) is 3.70. The Hall–Kier alpha value is -3.53. The van der Waals surface area contributed by atoms with Crippen LogP contribution in [0.3, 0.4) is 0 Å². The van der Waals surface area contributed by atoms with Crippen LogP contribution in [0.5, 0.6) is 11.5 Å². The zero-order valence-electron chi connectivity index (χ0n) is 15.4. The highest BCUT2D eigenvalue weighted by atomic mass is 16.5. The Bertz CT molecular complexity index is 905. The lowest BCUT2D eigenvalue weighted by Gasteiger charge is -2.11. The molecule has 140 valence electrons. The van der Waals surface area contributed by atoms with Crippen molar-refractivity contribution in [1.29, 1.82) is 5.26 Å². The number of benzene rings is 1. The van der Waals surface area contributed by atoms with Crippen molar-refractivity contribution in [2.75, 3.05) is 20.3 Å². The molecule has 2 rings (SSSR count). The van der Waals surface area contributed by atoms with Crippen molar-refractivity contribution in [3.8, 4) is 17.6 Å². The lowest BCUT2D eigenvalue weighted by Crippen LogP contribution is -2.28. The first-order valence-corrected chi connectivity index (χ1v) is 8.28. The number of furan rings is 1. The molecule has 27 heavy (non-hydrogen) atoms. The number of ether oxygens (including phenoxy) is 2. The van der Waals surface area contributed by atoms with E-state index in [1.165, 1.54) is 25.5 Å². The van der Waals surface area contributed by atoms with E-state index in [-0.39, 0.29) is 18.1 Å². The smallest absolute Gasteiger partial charge is 0.257 e. The van der Waals surface area contributed by atoms with E-state index >= 15 is 0 Å². The maximum atomic E-state index is 12.5. The fourth-order valence-electron chi connectivity index (χ4n) is 2.37. The van der Waals surface area contributed by atoms with E-state index in [9.17, 15) is 14.9 Å². The van der Waals surface area contributed by atoms with Crippen LogP contribution in [0, 0.1) is 18.3 Å². The van der Waals surface area contributed by atoms with Gasteiger partial charge in [0, 0.05) is 6.54 Å². The molecular weight excluding hydrogens is 348 g/mol. The second-order valence-corrected chi connectivity index (χ2v) is 5.54. The molecular formula is C20H20N2O5. The third-order valence-corrected chi connectivity index (χ3v) is 3.70. The second kappa shape index (κ2) is 9.25. The predicted octanol–water partition coefficient (Wildman–Crippen LogP) is 2.90. The molecule has 1 aromatic heterocycles. The van der Waals surface area contributed by atoms with Gasteiger partial charge in [-0.3, -0.25) is 9.59 Å². The van der Waals surface area contributed by atoms with Gasteiger partial charge in [0.2, 0.25) is 5.78 Å². The Morgan fingerprint density at radius 1 is 1.30 bits per heavy atom. The SMILES string of the molecule is CCNC(=O)COc1ccc(/C=C(\C#N)C(=O)c2ccoc2C)cc1OC. The van der Waals surface area contributed by atoms with Crippen LogP contribution in [-0.2, 0) is 4.79 Å². The van der Waals surface area contributed by atoms with Gasteiger partial charge in [0.1, 0.15) is 17.4 Å². The normalized spacial score (nSPS) is 10.8. The van der Waals surface area contributed by atoms with Crippen molar-refractivity contribution in [2.24, 2.45) is 0 Å². The van der Waals surface area contributed by atoms with Gasteiger partial charge in [0.05, 0.1) is 18.9 Å². The van der Waals surface area contributed by atoms with Gasteiger partial charge in [-0.1, -0.05) is 6.07 Å². The van der Waals surface area contributed by atoms with Crippen molar-refractivity contribution in [2.45, 2.75) is 13.8 Å². The van der Waals surface area contributed by atoms with Crippen LogP contribution >= 0.6 is 0 Å². The minimum absolute atomic E-state index is 0.0301. The summed E-state index contributed by atoms with van der Waals surface area (Å²) in [5.41, 5.74) is 0.900. The average Bonchev–Trinajstić information content (AvgIpc) is 3.10. The van der Waals surface area contributed by atoms with Crippen LogP contribution in [0.25, 0.3) is 6.08 Å². The van der Waals surface area contributed by atoms with Gasteiger partial charge in [0.25, 0.3) is 5.91 Å². The van der Waals surface area contributed by atoms with E-state index in [0.29, 0.717) is 34.9 Å². The number of methoxy groups -OCH3 is 1. The quantitative estimate of drug-likeness (QED) is 0.437. The zero-order valence-corrected chi connectivity index (χ0v) is 15.4. The van der Waals surface area contributed by atoms with Crippen LogP contribution in [0.1, 0.15) is 28.6 Å². The summed E-state index contributed by atoms with van der Waals surface area (Å²) in [6, 6.07) is 8.36. The molecule has 0 saturated carbocycles. The Morgan fingerprint density at radius 2 is 2.07 bits per heavy atom. The molecule has 0 aliphatic heterocycles. The lowest BCUT2D eigenvalue weighted by molar-refractivity contribution is -0.123. The number of ketones is 1. The summed E-state index contributed by atoms with van der Waals surface area (Å²) in [6.07, 6.45) is 2.87. The second-order valence-electron chi connectivity index (χ2n) is 5.54. The number of carbonyl (C=O) groups excluding carboxylic acids is 2. The van der Waals surface area contributed by atoms with Crippen LogP contribution in [-0.4, -0.2) is 32.0 Å². The highest BCUT2D eigenvalue weighted by Crippen LogP contribution is 2.29. The number of nitriles is 1. The third kappa shape index (κ3) is 4.98. The molecule has 0 bridgehead atoms. The number of hydrogen-bond donors (Lipinski definition) is 1. The Kier molecular flexibility index (Phi) is 6.78. The lowest BCUT2D eigenvalue weighted by atomic mass is 10.0. The van der Waals surface area contributed by atoms with Crippen molar-refractivity contribution >= 4 is 17.8 Å². The largest absolute Gasteiger partial charge is 0.493 e. The van der Waals surface area contributed by atoms with Gasteiger partial charge in [-0.25, -0.2) is 0 Å². The Labute approximate surface area is 157 Å². The van der Waals surface area contributed by atoms with E-state index in [1.54, 1.807) is 25.1 Å². The predicted molar refractivity (Wildman–Crippen MR) is 98.5 cm³/mol. The summed E-state index contributed by atoms with van der Waals surface area (Å²) in [5.74, 6) is 0.567. The molecule has 0 fully saturated rings. The maximum Gasteiger partial charge on any atom is 0.257 e. The molecule has 0 spiro atoms. The topological polar surface area (TPSA) is 102 Å². The van der Waals surface area contributed by atoms with Gasteiger partial charge in [-0.2, -0.15) is 5.26 Å². The number of hydrogen-bond acceptors (Lipinski definition) is 6. The van der Waals surface area contributed by atoms with Gasteiger partial charge < -0.3 is 19.2 Å². The first-order chi connectivity index (χ1) is 13.0. The molecule has 0 radical (unpaired) electrons. The number of carbonyl (C=O) groups is 2. The molecule has 1 amide bonds. The van der Waals surface area contributed by atoms with E-state index in [0.717, 1.165) is 0 Å². The van der Waals surface area contributed by atoms with E-state index < -0.39 is 5.78 Å². The summed E-state index contributed by atoms with van der Waals surface area (Å²) < 4.78 is 15.8. The Balaban J connectivity index is 2.24. The number of likely N-dealkylation sites (N-methyl/N-ethyl adjacent to an activating group) is 1. The number of nitrogens with zero attached hydrogens (tertiary/aromatic N) is 1. The highest BCUT2D eigenvalue weighted by molar-refractivity contribution is 6.14. The molecule has 0 aliphatic rings. The summed E-state index contributed by atoms with van der Waals surface area (Å²) in [6.45, 7) is 3.86. The summed E-state index contributed by atoms with van der Waals surface area (Å²) in [4.78, 5) is 24.0. The molecule has 1 aromatic carbocycles. The fraction of sp³-hybridized carbons (Fsp3) is 0.250. The first-order valence-electron chi connectivity index (χ1n) is 8.28. The minimum atomic E-state index is -0.417. The van der Waals surface area contributed by atoms with Crippen molar-refractivity contribution in [1.82, 2.24) is 5.32 Å². The first kappa shape index (κ1) is 19.8. The molecule has 0 saturated heterocycles. The van der Waals surface area contributed by atoms with Crippen LogP contribution in [0.4, 0.5) is 0 Å². The molecule has 0 aliphatic carbocycles. The molecule has 0 atom stereocenters. The van der Waals surface area contributed by atoms with Crippen molar-refractivity contribution < 1.29 is 23.5 Å². The van der Waals surface area contributed by atoms with E-state index in [4.69, 9.17) is 13.9 Å². The number of rotatable bonds is 8. The number of aryl methyl sites for hydroxylation is 1. The zero-order chi connectivity index (χ0) is 19.8. The van der Waals surface area contributed by atoms with Crippen molar-refractivity contribution in [3.63, 3.8) is 0 Å². The average molecular weight is 368 g/mol. The van der Waals surface area contributed by atoms with Crippen LogP contribution in [0.2, 0.25) is 0 Å².